The van der Waals surface area contributed by atoms with Gasteiger partial charge in [0.05, 0.1) is 12.7 Å². The highest BCUT2D eigenvalue weighted by atomic mass is 16.5. The molecule has 25 heavy (non-hydrogen) atoms. The summed E-state index contributed by atoms with van der Waals surface area (Å²) in [6, 6.07) is 13.7. The molecule has 0 spiro atoms. The smallest absolute Gasteiger partial charge is 0.337 e. The topological polar surface area (TPSA) is 75.7 Å². The van der Waals surface area contributed by atoms with Crippen molar-refractivity contribution >= 4 is 29.2 Å². The first-order valence-corrected chi connectivity index (χ1v) is 7.73. The van der Waals surface area contributed by atoms with E-state index in [1.807, 2.05) is 25.1 Å². The molecule has 0 saturated heterocycles. The number of methoxy groups -OCH3 is 1. The quantitative estimate of drug-likeness (QED) is 0.849. The minimum Gasteiger partial charge on any atom is -0.465 e. The predicted octanol–water partition coefficient (Wildman–Crippen LogP) is 2.77. The summed E-state index contributed by atoms with van der Waals surface area (Å²) in [5, 5.41) is 2.71. The summed E-state index contributed by atoms with van der Waals surface area (Å²) in [4.78, 5) is 37.0. The Hall–Kier alpha value is -3.15. The van der Waals surface area contributed by atoms with E-state index in [2.05, 4.69) is 10.1 Å². The Morgan fingerprint density at radius 1 is 1.08 bits per heavy atom. The second kappa shape index (κ2) is 8.10. The van der Waals surface area contributed by atoms with Crippen LogP contribution < -0.4 is 10.2 Å². The van der Waals surface area contributed by atoms with E-state index in [1.165, 1.54) is 18.9 Å². The molecule has 0 unspecified atom stereocenters. The van der Waals surface area contributed by atoms with Crippen LogP contribution in [0.15, 0.2) is 48.5 Å². The monoisotopic (exact) mass is 340 g/mol. The van der Waals surface area contributed by atoms with Crippen molar-refractivity contribution in [3.8, 4) is 0 Å². The molecule has 0 fully saturated rings. The van der Waals surface area contributed by atoms with Crippen LogP contribution in [0.5, 0.6) is 0 Å². The lowest BCUT2D eigenvalue weighted by Gasteiger charge is -2.21. The first-order valence-electron chi connectivity index (χ1n) is 7.73. The lowest BCUT2D eigenvalue weighted by Crippen LogP contribution is -2.36. The molecule has 0 saturated carbocycles. The molecule has 0 atom stereocenters. The Labute approximate surface area is 146 Å². The third kappa shape index (κ3) is 4.91. The minimum atomic E-state index is -0.444. The van der Waals surface area contributed by atoms with Crippen molar-refractivity contribution < 1.29 is 19.1 Å². The Balaban J connectivity index is 2.06. The summed E-state index contributed by atoms with van der Waals surface area (Å²) in [5.41, 5.74) is 2.60. The van der Waals surface area contributed by atoms with Gasteiger partial charge in [-0.05, 0) is 48.9 Å². The van der Waals surface area contributed by atoms with Gasteiger partial charge >= 0.3 is 5.97 Å². The number of amides is 2. The number of rotatable bonds is 5. The van der Waals surface area contributed by atoms with Gasteiger partial charge in [0.1, 0.15) is 6.54 Å². The van der Waals surface area contributed by atoms with Gasteiger partial charge in [-0.1, -0.05) is 12.1 Å². The molecule has 2 rings (SSSR count). The number of carbonyl (C=O) groups excluding carboxylic acids is 3. The van der Waals surface area contributed by atoms with Crippen LogP contribution in [-0.4, -0.2) is 31.4 Å². The van der Waals surface area contributed by atoms with E-state index in [-0.39, 0.29) is 18.4 Å². The van der Waals surface area contributed by atoms with Crippen LogP contribution in [0.4, 0.5) is 11.4 Å². The predicted molar refractivity (Wildman–Crippen MR) is 95.6 cm³/mol. The molecule has 0 bridgehead atoms. The molecule has 130 valence electrons. The van der Waals surface area contributed by atoms with Crippen molar-refractivity contribution in [3.63, 3.8) is 0 Å². The van der Waals surface area contributed by atoms with E-state index in [0.717, 1.165) is 5.56 Å². The lowest BCUT2D eigenvalue weighted by atomic mass is 10.2. The number of esters is 1. The zero-order chi connectivity index (χ0) is 18.4. The fourth-order valence-corrected chi connectivity index (χ4v) is 2.33. The van der Waals surface area contributed by atoms with Crippen molar-refractivity contribution in [1.82, 2.24) is 0 Å². The van der Waals surface area contributed by atoms with Gasteiger partial charge in [-0.25, -0.2) is 4.79 Å². The van der Waals surface area contributed by atoms with Crippen LogP contribution in [0.25, 0.3) is 0 Å². The van der Waals surface area contributed by atoms with Crippen molar-refractivity contribution in [2.75, 3.05) is 23.9 Å². The largest absolute Gasteiger partial charge is 0.465 e. The Kier molecular flexibility index (Phi) is 5.89. The van der Waals surface area contributed by atoms with Crippen LogP contribution in [0.3, 0.4) is 0 Å². The van der Waals surface area contributed by atoms with Gasteiger partial charge < -0.3 is 15.0 Å². The zero-order valence-corrected chi connectivity index (χ0v) is 14.4. The summed E-state index contributed by atoms with van der Waals surface area (Å²) in [6.07, 6.45) is 0. The third-order valence-corrected chi connectivity index (χ3v) is 3.58. The van der Waals surface area contributed by atoms with Crippen molar-refractivity contribution in [2.45, 2.75) is 13.8 Å². The average molecular weight is 340 g/mol. The van der Waals surface area contributed by atoms with Crippen molar-refractivity contribution in [2.24, 2.45) is 0 Å². The molecular formula is C19H20N2O4. The van der Waals surface area contributed by atoms with E-state index < -0.39 is 5.97 Å². The number of carbonyl (C=O) groups is 3. The van der Waals surface area contributed by atoms with Crippen LogP contribution in [0.2, 0.25) is 0 Å². The summed E-state index contributed by atoms with van der Waals surface area (Å²) in [7, 11) is 1.31. The molecule has 2 amide bonds. The number of nitrogens with zero attached hydrogens (tertiary/aromatic N) is 1. The standard InChI is InChI=1S/C19H20N2O4/c1-13-5-4-6-17(11-13)21(14(2)22)12-18(23)20-16-9-7-15(8-10-16)19(24)25-3/h4-11H,12H2,1-3H3,(H,20,23). The normalized spacial score (nSPS) is 10.0. The first-order chi connectivity index (χ1) is 11.9. The molecule has 0 aliphatic rings. The van der Waals surface area contributed by atoms with Gasteiger partial charge in [0.15, 0.2) is 0 Å². The number of hydrogen-bond donors (Lipinski definition) is 1. The number of aryl methyl sites for hydroxylation is 1. The molecular weight excluding hydrogens is 320 g/mol. The van der Waals surface area contributed by atoms with Crippen LogP contribution in [0.1, 0.15) is 22.8 Å². The van der Waals surface area contributed by atoms with Crippen LogP contribution >= 0.6 is 0 Å². The fourth-order valence-electron chi connectivity index (χ4n) is 2.33. The Bertz CT molecular complexity index is 784. The fraction of sp³-hybridized carbons (Fsp3) is 0.211. The molecule has 6 nitrogen and oxygen atoms in total. The van der Waals surface area contributed by atoms with Gasteiger partial charge in [-0.2, -0.15) is 0 Å². The van der Waals surface area contributed by atoms with E-state index >= 15 is 0 Å². The molecule has 0 aliphatic carbocycles. The lowest BCUT2D eigenvalue weighted by molar-refractivity contribution is -0.120. The Morgan fingerprint density at radius 2 is 1.76 bits per heavy atom. The van der Waals surface area contributed by atoms with Crippen LogP contribution in [0, 0.1) is 6.92 Å². The highest BCUT2D eigenvalue weighted by molar-refractivity contribution is 6.02. The number of ether oxygens (including phenoxy) is 1. The second-order valence-corrected chi connectivity index (χ2v) is 5.56. The summed E-state index contributed by atoms with van der Waals surface area (Å²) in [6.45, 7) is 3.24. The molecule has 0 radical (unpaired) electrons. The highest BCUT2D eigenvalue weighted by Crippen LogP contribution is 2.17. The van der Waals surface area contributed by atoms with E-state index in [4.69, 9.17) is 0 Å². The maximum Gasteiger partial charge on any atom is 0.337 e. The molecule has 0 aromatic heterocycles. The molecule has 0 aliphatic heterocycles. The van der Waals surface area contributed by atoms with E-state index in [0.29, 0.717) is 16.9 Å². The molecule has 1 N–H and O–H groups in total. The maximum atomic E-state index is 12.3. The number of nitrogens with one attached hydrogen (secondary N) is 1. The minimum absolute atomic E-state index is 0.0997. The maximum absolute atomic E-state index is 12.3. The molecule has 0 heterocycles. The zero-order valence-electron chi connectivity index (χ0n) is 14.4. The number of hydrogen-bond acceptors (Lipinski definition) is 4. The van der Waals surface area contributed by atoms with Crippen molar-refractivity contribution in [1.29, 1.82) is 0 Å². The second-order valence-electron chi connectivity index (χ2n) is 5.56. The molecule has 6 heteroatoms. The highest BCUT2D eigenvalue weighted by Gasteiger charge is 2.16. The van der Waals surface area contributed by atoms with E-state index in [9.17, 15) is 14.4 Å². The van der Waals surface area contributed by atoms with E-state index in [1.54, 1.807) is 30.3 Å². The number of anilines is 2. The van der Waals surface area contributed by atoms with Gasteiger partial charge in [0.25, 0.3) is 0 Å². The average Bonchev–Trinajstić information content (AvgIpc) is 2.59. The number of benzene rings is 2. The van der Waals surface area contributed by atoms with Gasteiger partial charge in [0.2, 0.25) is 11.8 Å². The van der Waals surface area contributed by atoms with Gasteiger partial charge in [-0.3, -0.25) is 9.59 Å². The SMILES string of the molecule is COC(=O)c1ccc(NC(=O)CN(C(C)=O)c2cccc(C)c2)cc1. The van der Waals surface area contributed by atoms with Crippen LogP contribution in [-0.2, 0) is 14.3 Å². The molecule has 2 aromatic carbocycles. The summed E-state index contributed by atoms with van der Waals surface area (Å²) < 4.78 is 4.62. The summed E-state index contributed by atoms with van der Waals surface area (Å²) in [5.74, 6) is -0.996. The van der Waals surface area contributed by atoms with Gasteiger partial charge in [0, 0.05) is 18.3 Å². The third-order valence-electron chi connectivity index (χ3n) is 3.58. The first kappa shape index (κ1) is 18.2. The summed E-state index contributed by atoms with van der Waals surface area (Å²) >= 11 is 0. The Morgan fingerprint density at radius 3 is 2.32 bits per heavy atom. The molecule has 2 aromatic rings. The van der Waals surface area contributed by atoms with Gasteiger partial charge in [-0.15, -0.1) is 0 Å². The van der Waals surface area contributed by atoms with Crippen molar-refractivity contribution in [3.05, 3.63) is 59.7 Å².